The van der Waals surface area contributed by atoms with Crippen molar-refractivity contribution in [3.63, 3.8) is 0 Å². The van der Waals surface area contributed by atoms with E-state index in [1.54, 1.807) is 18.2 Å². The molecule has 3 N–H and O–H groups in total. The number of hydrogen-bond donors (Lipinski definition) is 3. The van der Waals surface area contributed by atoms with Gasteiger partial charge in [0.25, 0.3) is 5.91 Å². The lowest BCUT2D eigenvalue weighted by molar-refractivity contribution is -0.118. The summed E-state index contributed by atoms with van der Waals surface area (Å²) < 4.78 is 25.1. The molecule has 0 spiro atoms. The number of nitrogens with one attached hydrogen (secondary N) is 3. The summed E-state index contributed by atoms with van der Waals surface area (Å²) in [5.41, 5.74) is 5.18. The molecular formula is C25H24FIN4O4. The van der Waals surface area contributed by atoms with Crippen molar-refractivity contribution in [2.45, 2.75) is 13.8 Å². The predicted octanol–water partition coefficient (Wildman–Crippen LogP) is 5.31. The standard InChI is InChI=1S/C25H24FIN4O4/c1-3-34-22-13-17(14-28-31-25(33)30-21-7-5-4-6-16(21)2)12-20(27)24(22)35-15-23(32)29-19-10-8-18(26)9-11-19/h4-14H,3,15H2,1-2H3,(H,29,32)(H2,30,31,33). The van der Waals surface area contributed by atoms with Gasteiger partial charge in [-0.1, -0.05) is 18.2 Å². The monoisotopic (exact) mass is 590 g/mol. The zero-order valence-corrected chi connectivity index (χ0v) is 21.3. The predicted molar refractivity (Wildman–Crippen MR) is 142 cm³/mol. The largest absolute Gasteiger partial charge is 0.490 e. The van der Waals surface area contributed by atoms with Gasteiger partial charge >= 0.3 is 6.03 Å². The molecule has 0 aliphatic heterocycles. The molecule has 3 aromatic carbocycles. The van der Waals surface area contributed by atoms with Crippen molar-refractivity contribution in [1.29, 1.82) is 0 Å². The van der Waals surface area contributed by atoms with Gasteiger partial charge in [0.05, 0.1) is 16.4 Å². The van der Waals surface area contributed by atoms with Crippen LogP contribution in [0.1, 0.15) is 18.1 Å². The van der Waals surface area contributed by atoms with Gasteiger partial charge < -0.3 is 20.1 Å². The van der Waals surface area contributed by atoms with Gasteiger partial charge in [-0.3, -0.25) is 4.79 Å². The fourth-order valence-corrected chi connectivity index (χ4v) is 3.74. The van der Waals surface area contributed by atoms with E-state index in [-0.39, 0.29) is 12.4 Å². The number of anilines is 2. The van der Waals surface area contributed by atoms with Crippen LogP contribution in [-0.2, 0) is 4.79 Å². The highest BCUT2D eigenvalue weighted by Gasteiger charge is 2.14. The number of nitrogens with zero attached hydrogens (tertiary/aromatic N) is 1. The second-order valence-electron chi connectivity index (χ2n) is 7.25. The number of carbonyl (C=O) groups is 2. The molecule has 10 heteroatoms. The molecule has 3 aromatic rings. The zero-order chi connectivity index (χ0) is 25.2. The normalized spacial score (nSPS) is 10.6. The smallest absolute Gasteiger partial charge is 0.339 e. The van der Waals surface area contributed by atoms with Crippen LogP contribution in [-0.4, -0.2) is 31.4 Å². The van der Waals surface area contributed by atoms with E-state index in [1.165, 1.54) is 30.5 Å². The molecule has 0 fully saturated rings. The number of ether oxygens (including phenoxy) is 2. The second kappa shape index (κ2) is 12.7. The SMILES string of the molecule is CCOc1cc(C=NNC(=O)Nc2ccccc2C)cc(I)c1OCC(=O)Nc1ccc(F)cc1. The molecule has 0 heterocycles. The molecule has 0 atom stereocenters. The summed E-state index contributed by atoms with van der Waals surface area (Å²) in [6.07, 6.45) is 1.48. The van der Waals surface area contributed by atoms with Crippen molar-refractivity contribution < 1.29 is 23.5 Å². The number of aryl methyl sites for hydroxylation is 1. The first-order valence-electron chi connectivity index (χ1n) is 10.7. The zero-order valence-electron chi connectivity index (χ0n) is 19.1. The number of urea groups is 1. The summed E-state index contributed by atoms with van der Waals surface area (Å²) in [5, 5.41) is 9.36. The molecule has 182 valence electrons. The maximum Gasteiger partial charge on any atom is 0.339 e. The van der Waals surface area contributed by atoms with E-state index in [4.69, 9.17) is 9.47 Å². The summed E-state index contributed by atoms with van der Waals surface area (Å²) in [4.78, 5) is 24.3. The highest BCUT2D eigenvalue weighted by molar-refractivity contribution is 14.1. The number of carbonyl (C=O) groups excluding carboxylic acids is 2. The van der Waals surface area contributed by atoms with Crippen LogP contribution in [0, 0.1) is 16.3 Å². The number of hydrogen-bond acceptors (Lipinski definition) is 5. The summed E-state index contributed by atoms with van der Waals surface area (Å²) in [7, 11) is 0. The molecule has 0 aliphatic carbocycles. The summed E-state index contributed by atoms with van der Waals surface area (Å²) in [6.45, 7) is 3.84. The van der Waals surface area contributed by atoms with Gasteiger partial charge in [0.1, 0.15) is 5.82 Å². The van der Waals surface area contributed by atoms with E-state index in [1.807, 2.05) is 32.0 Å². The number of benzene rings is 3. The van der Waals surface area contributed by atoms with E-state index in [9.17, 15) is 14.0 Å². The van der Waals surface area contributed by atoms with Gasteiger partial charge in [-0.05, 0) is 90.0 Å². The molecule has 0 saturated carbocycles. The minimum atomic E-state index is -0.470. The van der Waals surface area contributed by atoms with Crippen molar-refractivity contribution in [2.75, 3.05) is 23.8 Å². The van der Waals surface area contributed by atoms with Crippen LogP contribution >= 0.6 is 22.6 Å². The molecule has 0 aliphatic rings. The maximum atomic E-state index is 13.0. The molecule has 0 aromatic heterocycles. The minimum Gasteiger partial charge on any atom is -0.490 e. The van der Waals surface area contributed by atoms with Gasteiger partial charge in [0.2, 0.25) is 0 Å². The van der Waals surface area contributed by atoms with Crippen molar-refractivity contribution in [2.24, 2.45) is 5.10 Å². The number of halogens is 2. The number of para-hydroxylation sites is 1. The molecule has 0 radical (unpaired) electrons. The van der Waals surface area contributed by atoms with Crippen molar-refractivity contribution >= 4 is 52.1 Å². The van der Waals surface area contributed by atoms with Crippen LogP contribution in [0.15, 0.2) is 65.8 Å². The fraction of sp³-hybridized carbons (Fsp3) is 0.160. The van der Waals surface area contributed by atoms with Crippen LogP contribution in [0.4, 0.5) is 20.6 Å². The summed E-state index contributed by atoms with van der Waals surface area (Å²) in [6, 6.07) is 15.9. The van der Waals surface area contributed by atoms with Crippen molar-refractivity contribution in [3.05, 3.63) is 81.2 Å². The van der Waals surface area contributed by atoms with E-state index in [0.717, 1.165) is 5.56 Å². The third kappa shape index (κ3) is 7.95. The highest BCUT2D eigenvalue weighted by Crippen LogP contribution is 2.34. The highest BCUT2D eigenvalue weighted by atomic mass is 127. The van der Waals surface area contributed by atoms with Gasteiger partial charge in [0, 0.05) is 11.4 Å². The van der Waals surface area contributed by atoms with Crippen LogP contribution in [0.3, 0.4) is 0 Å². The van der Waals surface area contributed by atoms with Crippen LogP contribution in [0.2, 0.25) is 0 Å². The second-order valence-corrected chi connectivity index (χ2v) is 8.41. The Labute approximate surface area is 216 Å². The van der Waals surface area contributed by atoms with Crippen molar-refractivity contribution in [1.82, 2.24) is 5.43 Å². The lowest BCUT2D eigenvalue weighted by Gasteiger charge is -2.14. The van der Waals surface area contributed by atoms with E-state index >= 15 is 0 Å². The Morgan fingerprint density at radius 2 is 1.80 bits per heavy atom. The molecule has 0 unspecified atom stereocenters. The van der Waals surface area contributed by atoms with Crippen molar-refractivity contribution in [3.8, 4) is 11.5 Å². The van der Waals surface area contributed by atoms with E-state index in [2.05, 4.69) is 43.8 Å². The first kappa shape index (κ1) is 25.9. The number of rotatable bonds is 9. The van der Waals surface area contributed by atoms with E-state index in [0.29, 0.717) is 38.6 Å². The van der Waals surface area contributed by atoms with Crippen LogP contribution in [0.5, 0.6) is 11.5 Å². The van der Waals surface area contributed by atoms with Gasteiger partial charge in [-0.2, -0.15) is 5.10 Å². The molecule has 3 amide bonds. The Balaban J connectivity index is 1.62. The third-order valence-corrected chi connectivity index (χ3v) is 5.38. The third-order valence-electron chi connectivity index (χ3n) is 4.58. The first-order chi connectivity index (χ1) is 16.9. The summed E-state index contributed by atoms with van der Waals surface area (Å²) >= 11 is 2.07. The quantitative estimate of drug-likeness (QED) is 0.179. The Hall–Kier alpha value is -3.67. The summed E-state index contributed by atoms with van der Waals surface area (Å²) in [5.74, 6) is 0.0502. The fourth-order valence-electron chi connectivity index (χ4n) is 2.96. The van der Waals surface area contributed by atoms with Gasteiger partial charge in [-0.25, -0.2) is 14.6 Å². The number of amides is 3. The minimum absolute atomic E-state index is 0.262. The Bertz CT molecular complexity index is 1220. The number of hydrazone groups is 1. The molecule has 0 saturated heterocycles. The topological polar surface area (TPSA) is 101 Å². The lowest BCUT2D eigenvalue weighted by Crippen LogP contribution is -2.24. The molecule has 0 bridgehead atoms. The Morgan fingerprint density at radius 3 is 2.51 bits per heavy atom. The molecular weight excluding hydrogens is 566 g/mol. The van der Waals surface area contributed by atoms with Crippen LogP contribution < -0.4 is 25.5 Å². The molecule has 3 rings (SSSR count). The molecule has 35 heavy (non-hydrogen) atoms. The average Bonchev–Trinajstić information content (AvgIpc) is 2.82. The Morgan fingerprint density at radius 1 is 1.06 bits per heavy atom. The Kier molecular flexibility index (Phi) is 9.41. The van der Waals surface area contributed by atoms with Gasteiger partial charge in [-0.15, -0.1) is 0 Å². The lowest BCUT2D eigenvalue weighted by atomic mass is 10.2. The maximum absolute atomic E-state index is 13.0. The average molecular weight is 590 g/mol. The first-order valence-corrected chi connectivity index (χ1v) is 11.7. The van der Waals surface area contributed by atoms with Crippen LogP contribution in [0.25, 0.3) is 0 Å². The van der Waals surface area contributed by atoms with E-state index < -0.39 is 11.9 Å². The molecule has 8 nitrogen and oxygen atoms in total. The van der Waals surface area contributed by atoms with Gasteiger partial charge in [0.15, 0.2) is 18.1 Å².